The van der Waals surface area contributed by atoms with Crippen molar-refractivity contribution in [2.45, 2.75) is 13.5 Å². The van der Waals surface area contributed by atoms with Crippen LogP contribution < -0.4 is 5.32 Å². The van der Waals surface area contributed by atoms with Crippen molar-refractivity contribution in [2.75, 3.05) is 31.5 Å². The molecule has 8 heteroatoms. The number of anilines is 1. The fourth-order valence-corrected chi connectivity index (χ4v) is 2.61. The molecular formula is C17H20N6O2. The molecule has 2 aromatic heterocycles. The average Bonchev–Trinajstić information content (AvgIpc) is 2.67. The maximum Gasteiger partial charge on any atom is 0.274 e. The number of rotatable bonds is 4. The van der Waals surface area contributed by atoms with Gasteiger partial charge in [-0.15, -0.1) is 0 Å². The summed E-state index contributed by atoms with van der Waals surface area (Å²) in [5.74, 6) is 0.489. The number of aromatic nitrogens is 3. The van der Waals surface area contributed by atoms with Gasteiger partial charge in [0.05, 0.1) is 12.4 Å². The standard InChI is InChI=1S/C17H20N6O2/c1-13(24)22-6-8-23(9-7-22)17(25)15-11-21-16(12-19-15)20-10-14-2-4-18-5-3-14/h2-5,11-12H,6-10H2,1H3,(H,20,21). The summed E-state index contributed by atoms with van der Waals surface area (Å²) >= 11 is 0. The van der Waals surface area contributed by atoms with Gasteiger partial charge in [-0.3, -0.25) is 14.6 Å². The van der Waals surface area contributed by atoms with E-state index in [1.54, 1.807) is 35.3 Å². The van der Waals surface area contributed by atoms with E-state index in [1.165, 1.54) is 6.20 Å². The maximum absolute atomic E-state index is 12.5. The van der Waals surface area contributed by atoms with Crippen LogP contribution in [-0.4, -0.2) is 62.7 Å². The number of hydrogen-bond donors (Lipinski definition) is 1. The minimum Gasteiger partial charge on any atom is -0.365 e. The van der Waals surface area contributed by atoms with E-state index in [-0.39, 0.29) is 11.8 Å². The molecule has 3 heterocycles. The number of piperazine rings is 1. The van der Waals surface area contributed by atoms with Gasteiger partial charge >= 0.3 is 0 Å². The smallest absolute Gasteiger partial charge is 0.274 e. The van der Waals surface area contributed by atoms with Gasteiger partial charge in [-0.05, 0) is 17.7 Å². The van der Waals surface area contributed by atoms with Gasteiger partial charge < -0.3 is 15.1 Å². The zero-order chi connectivity index (χ0) is 17.6. The quantitative estimate of drug-likeness (QED) is 0.885. The van der Waals surface area contributed by atoms with Gasteiger partial charge in [0, 0.05) is 52.0 Å². The van der Waals surface area contributed by atoms with Crippen LogP contribution in [0.15, 0.2) is 36.9 Å². The molecule has 2 amide bonds. The lowest BCUT2D eigenvalue weighted by Crippen LogP contribution is -2.50. The largest absolute Gasteiger partial charge is 0.365 e. The Morgan fingerprint density at radius 2 is 1.72 bits per heavy atom. The van der Waals surface area contributed by atoms with E-state index in [2.05, 4.69) is 20.3 Å². The van der Waals surface area contributed by atoms with E-state index in [0.717, 1.165) is 5.56 Å². The zero-order valence-electron chi connectivity index (χ0n) is 14.1. The third-order valence-corrected chi connectivity index (χ3v) is 4.11. The summed E-state index contributed by atoms with van der Waals surface area (Å²) in [6, 6.07) is 3.83. The molecular weight excluding hydrogens is 320 g/mol. The molecule has 1 N–H and O–H groups in total. The first-order valence-electron chi connectivity index (χ1n) is 8.13. The highest BCUT2D eigenvalue weighted by molar-refractivity contribution is 5.92. The highest BCUT2D eigenvalue weighted by Crippen LogP contribution is 2.09. The van der Waals surface area contributed by atoms with Crippen molar-refractivity contribution in [2.24, 2.45) is 0 Å². The summed E-state index contributed by atoms with van der Waals surface area (Å²) in [5.41, 5.74) is 1.39. The third kappa shape index (κ3) is 4.28. The second-order valence-electron chi connectivity index (χ2n) is 5.79. The molecule has 1 saturated heterocycles. The van der Waals surface area contributed by atoms with Gasteiger partial charge in [0.25, 0.3) is 5.91 Å². The molecule has 8 nitrogen and oxygen atoms in total. The molecule has 0 aliphatic carbocycles. The van der Waals surface area contributed by atoms with E-state index in [0.29, 0.717) is 44.2 Å². The Labute approximate surface area is 145 Å². The van der Waals surface area contributed by atoms with E-state index >= 15 is 0 Å². The number of carbonyl (C=O) groups is 2. The van der Waals surface area contributed by atoms with Gasteiger partial charge in [-0.2, -0.15) is 0 Å². The molecule has 130 valence electrons. The van der Waals surface area contributed by atoms with Crippen molar-refractivity contribution in [1.29, 1.82) is 0 Å². The lowest BCUT2D eigenvalue weighted by atomic mass is 10.2. The molecule has 0 radical (unpaired) electrons. The number of nitrogens with one attached hydrogen (secondary N) is 1. The maximum atomic E-state index is 12.5. The van der Waals surface area contributed by atoms with Gasteiger partial charge in [-0.1, -0.05) is 0 Å². The first-order chi connectivity index (χ1) is 12.1. The number of hydrogen-bond acceptors (Lipinski definition) is 6. The predicted molar refractivity (Wildman–Crippen MR) is 91.8 cm³/mol. The monoisotopic (exact) mass is 340 g/mol. The fraction of sp³-hybridized carbons (Fsp3) is 0.353. The summed E-state index contributed by atoms with van der Waals surface area (Å²) in [6.45, 7) is 4.29. The van der Waals surface area contributed by atoms with Crippen LogP contribution in [0.5, 0.6) is 0 Å². The highest BCUT2D eigenvalue weighted by atomic mass is 16.2. The summed E-state index contributed by atoms with van der Waals surface area (Å²) < 4.78 is 0. The summed E-state index contributed by atoms with van der Waals surface area (Å²) in [5, 5.41) is 3.15. The van der Waals surface area contributed by atoms with Crippen molar-refractivity contribution in [3.63, 3.8) is 0 Å². The van der Waals surface area contributed by atoms with Crippen LogP contribution in [-0.2, 0) is 11.3 Å². The van der Waals surface area contributed by atoms with E-state index in [1.807, 2.05) is 12.1 Å². The summed E-state index contributed by atoms with van der Waals surface area (Å²) in [4.78, 5) is 39.7. The number of amides is 2. The van der Waals surface area contributed by atoms with Crippen LogP contribution in [0, 0.1) is 0 Å². The van der Waals surface area contributed by atoms with Crippen molar-refractivity contribution >= 4 is 17.6 Å². The van der Waals surface area contributed by atoms with Crippen LogP contribution in [0.4, 0.5) is 5.82 Å². The molecule has 1 aliphatic rings. The highest BCUT2D eigenvalue weighted by Gasteiger charge is 2.24. The van der Waals surface area contributed by atoms with Gasteiger partial charge in [0.2, 0.25) is 5.91 Å². The molecule has 0 atom stereocenters. The lowest BCUT2D eigenvalue weighted by Gasteiger charge is -2.33. The minimum atomic E-state index is -0.156. The molecule has 3 rings (SSSR count). The average molecular weight is 340 g/mol. The molecule has 0 spiro atoms. The molecule has 2 aromatic rings. The van der Waals surface area contributed by atoms with Crippen LogP contribution >= 0.6 is 0 Å². The molecule has 0 unspecified atom stereocenters. The Kier molecular flexibility index (Phi) is 5.17. The normalized spacial score (nSPS) is 14.3. The Morgan fingerprint density at radius 3 is 2.32 bits per heavy atom. The van der Waals surface area contributed by atoms with Crippen molar-refractivity contribution < 1.29 is 9.59 Å². The Morgan fingerprint density at radius 1 is 1.04 bits per heavy atom. The minimum absolute atomic E-state index is 0.0384. The number of nitrogens with zero attached hydrogens (tertiary/aromatic N) is 5. The van der Waals surface area contributed by atoms with E-state index < -0.39 is 0 Å². The van der Waals surface area contributed by atoms with Crippen molar-refractivity contribution in [3.05, 3.63) is 48.2 Å². The van der Waals surface area contributed by atoms with Crippen LogP contribution in [0.25, 0.3) is 0 Å². The zero-order valence-corrected chi connectivity index (χ0v) is 14.1. The fourth-order valence-electron chi connectivity index (χ4n) is 2.61. The number of pyridine rings is 1. The molecule has 0 bridgehead atoms. The van der Waals surface area contributed by atoms with Crippen molar-refractivity contribution in [1.82, 2.24) is 24.8 Å². The second-order valence-corrected chi connectivity index (χ2v) is 5.79. The second kappa shape index (κ2) is 7.69. The van der Waals surface area contributed by atoms with Crippen LogP contribution in [0.2, 0.25) is 0 Å². The van der Waals surface area contributed by atoms with Crippen LogP contribution in [0.3, 0.4) is 0 Å². The predicted octanol–water partition coefficient (Wildman–Crippen LogP) is 0.788. The molecule has 0 aromatic carbocycles. The first-order valence-corrected chi connectivity index (χ1v) is 8.13. The van der Waals surface area contributed by atoms with Crippen molar-refractivity contribution in [3.8, 4) is 0 Å². The topological polar surface area (TPSA) is 91.3 Å². The Balaban J connectivity index is 1.55. The summed E-state index contributed by atoms with van der Waals surface area (Å²) in [6.07, 6.45) is 6.50. The van der Waals surface area contributed by atoms with Gasteiger partial charge in [-0.25, -0.2) is 9.97 Å². The molecule has 25 heavy (non-hydrogen) atoms. The van der Waals surface area contributed by atoms with Gasteiger partial charge in [0.1, 0.15) is 11.5 Å². The molecule has 0 saturated carbocycles. The van der Waals surface area contributed by atoms with Crippen LogP contribution in [0.1, 0.15) is 23.0 Å². The lowest BCUT2D eigenvalue weighted by molar-refractivity contribution is -0.130. The number of carbonyl (C=O) groups excluding carboxylic acids is 2. The molecule has 1 fully saturated rings. The van der Waals surface area contributed by atoms with E-state index in [9.17, 15) is 9.59 Å². The Hall–Kier alpha value is -3.03. The van der Waals surface area contributed by atoms with Gasteiger partial charge in [0.15, 0.2) is 0 Å². The van der Waals surface area contributed by atoms with E-state index in [4.69, 9.17) is 0 Å². The molecule has 1 aliphatic heterocycles. The summed E-state index contributed by atoms with van der Waals surface area (Å²) in [7, 11) is 0. The first kappa shape index (κ1) is 16.8. The SMILES string of the molecule is CC(=O)N1CCN(C(=O)c2cnc(NCc3ccncc3)cn2)CC1. The Bertz CT molecular complexity index is 727. The third-order valence-electron chi connectivity index (χ3n) is 4.11.